The van der Waals surface area contributed by atoms with Gasteiger partial charge in [0, 0.05) is 4.57 Å². The van der Waals surface area contributed by atoms with Crippen LogP contribution in [0.25, 0.3) is 11.2 Å². The molecule has 130 valence electrons. The lowest BCUT2D eigenvalue weighted by molar-refractivity contribution is -0.0487. The molecular weight excluding hydrogens is 413 g/mol. The number of aromatic nitrogens is 4. The van der Waals surface area contributed by atoms with Gasteiger partial charge in [-0.1, -0.05) is 0 Å². The summed E-state index contributed by atoms with van der Waals surface area (Å²) in [6, 6.07) is 0. The lowest BCUT2D eigenvalue weighted by Gasteiger charge is -2.17. The molecule has 1 saturated heterocycles. The maximum absolute atomic E-state index is 11.9. The quantitative estimate of drug-likeness (QED) is 0.293. The molecule has 0 aromatic carbocycles. The highest BCUT2D eigenvalue weighted by atomic mass is 79.9. The maximum atomic E-state index is 11.9. The van der Waals surface area contributed by atoms with Crippen LogP contribution < -0.4 is 11.3 Å². The van der Waals surface area contributed by atoms with Gasteiger partial charge in [0.05, 0.1) is 0 Å². The van der Waals surface area contributed by atoms with Crippen LogP contribution in [0.1, 0.15) is 6.23 Å². The van der Waals surface area contributed by atoms with Crippen molar-refractivity contribution in [3.05, 3.63) is 15.1 Å². The van der Waals surface area contributed by atoms with E-state index in [-0.39, 0.29) is 21.8 Å². The summed E-state index contributed by atoms with van der Waals surface area (Å²) >= 11 is 3.14. The molecule has 2 aromatic rings. The number of ether oxygens (including phenoxy) is 1. The van der Waals surface area contributed by atoms with Gasteiger partial charge in [0.15, 0.2) is 22.1 Å². The van der Waals surface area contributed by atoms with E-state index in [9.17, 15) is 19.6 Å². The van der Waals surface area contributed by atoms with Crippen LogP contribution in [0.5, 0.6) is 0 Å². The number of H-pyrrole nitrogens is 1. The average molecular weight is 425 g/mol. The number of hydrogen-bond acceptors (Lipinski definition) is 9. The van der Waals surface area contributed by atoms with Crippen LogP contribution in [0.4, 0.5) is 5.95 Å². The molecule has 3 rings (SSSR count). The van der Waals surface area contributed by atoms with Gasteiger partial charge in [-0.25, -0.2) is 4.98 Å². The smallest absolute Gasteiger partial charge is 0.387 e. The highest BCUT2D eigenvalue weighted by molar-refractivity contribution is 9.10. The Morgan fingerprint density at radius 2 is 2.12 bits per heavy atom. The number of aliphatic hydroxyl groups is 2. The molecule has 0 spiro atoms. The van der Waals surface area contributed by atoms with E-state index in [2.05, 4.69) is 35.4 Å². The first-order valence-corrected chi connectivity index (χ1v) is 8.45. The summed E-state index contributed by atoms with van der Waals surface area (Å²) in [4.78, 5) is 30.8. The Bertz CT molecular complexity index is 856. The Balaban J connectivity index is 2.00. The predicted molar refractivity (Wildman–Crippen MR) is 82.0 cm³/mol. The van der Waals surface area contributed by atoms with E-state index in [1.54, 1.807) is 0 Å². The van der Waals surface area contributed by atoms with E-state index in [1.807, 2.05) is 0 Å². The molecule has 1 unspecified atom stereocenters. The maximum Gasteiger partial charge on any atom is 0.694 e. The monoisotopic (exact) mass is 424 g/mol. The molecule has 5 atom stereocenters. The van der Waals surface area contributed by atoms with Crippen LogP contribution in [-0.2, 0) is 13.8 Å². The third kappa shape index (κ3) is 2.95. The van der Waals surface area contributed by atoms with Crippen LogP contribution >= 0.6 is 24.2 Å². The Hall–Kier alpha value is -1.47. The van der Waals surface area contributed by atoms with Crippen LogP contribution in [0.15, 0.2) is 9.53 Å². The number of aromatic amines is 1. The zero-order valence-electron chi connectivity index (χ0n) is 11.7. The van der Waals surface area contributed by atoms with Crippen molar-refractivity contribution in [3.63, 3.8) is 0 Å². The van der Waals surface area contributed by atoms with Gasteiger partial charge in [0.25, 0.3) is 5.56 Å². The molecule has 24 heavy (non-hydrogen) atoms. The number of aliphatic hydroxyl groups excluding tert-OH is 2. The first kappa shape index (κ1) is 17.4. The number of nitrogens with one attached hydrogen (secondary N) is 1. The van der Waals surface area contributed by atoms with E-state index in [0.717, 1.165) is 0 Å². The fraction of sp³-hybridized carbons (Fsp3) is 0.500. The minimum atomic E-state index is -2.88. The van der Waals surface area contributed by atoms with Crippen molar-refractivity contribution in [1.82, 2.24) is 19.5 Å². The van der Waals surface area contributed by atoms with Crippen molar-refractivity contribution in [3.8, 4) is 0 Å². The summed E-state index contributed by atoms with van der Waals surface area (Å²) in [5, 5.41) is 20.2. The van der Waals surface area contributed by atoms with E-state index < -0.39 is 45.0 Å². The predicted octanol–water partition coefficient (Wildman–Crippen LogP) is -1.25. The topological polar surface area (TPSA) is 186 Å². The van der Waals surface area contributed by atoms with E-state index >= 15 is 0 Å². The third-order valence-corrected chi connectivity index (χ3v) is 4.40. The summed E-state index contributed by atoms with van der Waals surface area (Å²) in [6.07, 6.45) is -5.06. The summed E-state index contributed by atoms with van der Waals surface area (Å²) in [6.45, 7) is -0.416. The van der Waals surface area contributed by atoms with E-state index in [4.69, 9.17) is 15.4 Å². The van der Waals surface area contributed by atoms with Crippen molar-refractivity contribution >= 4 is 41.3 Å². The number of imidazole rings is 1. The van der Waals surface area contributed by atoms with Gasteiger partial charge in [0.1, 0.15) is 24.9 Å². The molecule has 0 bridgehead atoms. The van der Waals surface area contributed by atoms with Crippen molar-refractivity contribution < 1.29 is 28.9 Å². The van der Waals surface area contributed by atoms with Gasteiger partial charge in [-0.15, -0.1) is 9.42 Å². The Labute approximate surface area is 142 Å². The number of nitrogen functional groups attached to an aromatic ring is 1. The molecule has 0 radical (unpaired) electrons. The zero-order valence-corrected chi connectivity index (χ0v) is 14.2. The standard InChI is InChI=1S/C10H11BrN5O7P/c11-9-13-3-6(14-10(12)15-7(3)19)16(9)8-5(18)4(17)2(23-8)1-22-24(20)21/h2,4-5,8,17-18H,1H2,(H3-,12,14,15,19,20,21)/p+1/t2-,4-,5-,8-/m1/s1. The summed E-state index contributed by atoms with van der Waals surface area (Å²) in [7, 11) is -2.88. The molecule has 1 aliphatic rings. The molecule has 2 aromatic heterocycles. The average Bonchev–Trinajstić information content (AvgIpc) is 2.96. The highest BCUT2D eigenvalue weighted by Gasteiger charge is 2.46. The summed E-state index contributed by atoms with van der Waals surface area (Å²) in [5.41, 5.74) is 4.93. The molecule has 6 N–H and O–H groups in total. The van der Waals surface area contributed by atoms with Crippen molar-refractivity contribution in [2.75, 3.05) is 12.3 Å². The minimum Gasteiger partial charge on any atom is -0.387 e. The van der Waals surface area contributed by atoms with Gasteiger partial charge in [0.2, 0.25) is 5.95 Å². The first-order valence-electron chi connectivity index (χ1n) is 6.53. The lowest BCUT2D eigenvalue weighted by atomic mass is 10.1. The fourth-order valence-electron chi connectivity index (χ4n) is 2.42. The van der Waals surface area contributed by atoms with Crippen LogP contribution in [0.3, 0.4) is 0 Å². The second-order valence-corrected chi connectivity index (χ2v) is 6.40. The van der Waals surface area contributed by atoms with Gasteiger partial charge < -0.3 is 20.7 Å². The highest BCUT2D eigenvalue weighted by Crippen LogP contribution is 2.34. The number of rotatable bonds is 4. The molecule has 14 heteroatoms. The largest absolute Gasteiger partial charge is 0.694 e. The molecule has 0 aliphatic carbocycles. The lowest BCUT2D eigenvalue weighted by Crippen LogP contribution is -2.33. The van der Waals surface area contributed by atoms with Crippen LogP contribution in [0, 0.1) is 0 Å². The first-order chi connectivity index (χ1) is 11.3. The minimum absolute atomic E-state index is 0.0363. The number of fused-ring (bicyclic) bond motifs is 1. The molecule has 0 amide bonds. The molecule has 1 fully saturated rings. The van der Waals surface area contributed by atoms with Crippen LogP contribution in [0.2, 0.25) is 0 Å². The molecular formula is C10H12BrN5O7P+. The normalized spacial score (nSPS) is 27.8. The number of anilines is 1. The van der Waals surface area contributed by atoms with Gasteiger partial charge in [-0.3, -0.25) is 14.3 Å². The summed E-state index contributed by atoms with van der Waals surface area (Å²) in [5.74, 6) is -0.161. The molecule has 12 nitrogen and oxygen atoms in total. The van der Waals surface area contributed by atoms with Gasteiger partial charge >= 0.3 is 8.25 Å². The van der Waals surface area contributed by atoms with Crippen molar-refractivity contribution in [1.29, 1.82) is 0 Å². The summed E-state index contributed by atoms with van der Waals surface area (Å²) < 4.78 is 22.0. The van der Waals surface area contributed by atoms with E-state index in [0.29, 0.717) is 0 Å². The number of nitrogens with two attached hydrogens (primary N) is 1. The van der Waals surface area contributed by atoms with Crippen molar-refractivity contribution in [2.45, 2.75) is 24.5 Å². The SMILES string of the molecule is Nc1nc2c(nc(Br)n2[C@@H]2O[C@H](CO[P+](=O)O)[C@@H](O)[C@H]2O)c(=O)[nH]1. The Morgan fingerprint density at radius 3 is 2.79 bits per heavy atom. The van der Waals surface area contributed by atoms with Gasteiger partial charge in [-0.05, 0) is 15.9 Å². The zero-order chi connectivity index (χ0) is 17.6. The number of halogens is 1. The van der Waals surface area contributed by atoms with E-state index in [1.165, 1.54) is 4.57 Å². The van der Waals surface area contributed by atoms with Crippen molar-refractivity contribution in [2.24, 2.45) is 0 Å². The Morgan fingerprint density at radius 1 is 1.42 bits per heavy atom. The molecule has 1 aliphatic heterocycles. The van der Waals surface area contributed by atoms with Crippen LogP contribution in [-0.4, -0.2) is 59.5 Å². The third-order valence-electron chi connectivity index (χ3n) is 3.47. The number of nitrogens with zero attached hydrogens (tertiary/aromatic N) is 3. The Kier molecular flexibility index (Phi) is 4.66. The second kappa shape index (κ2) is 6.44. The molecule has 3 heterocycles. The van der Waals surface area contributed by atoms with Gasteiger partial charge in [-0.2, -0.15) is 4.98 Å². The molecule has 0 saturated carbocycles. The number of hydrogen-bond donors (Lipinski definition) is 5. The second-order valence-electron chi connectivity index (χ2n) is 4.95. The fourth-order valence-corrected chi connectivity index (χ4v) is 3.24.